The Hall–Kier alpha value is -2.95. The number of Topliss-reactive ketones (excluding diaryl/α,β-unsaturated/α-hetero) is 1. The van der Waals surface area contributed by atoms with E-state index in [-0.39, 0.29) is 24.2 Å². The molecule has 0 saturated heterocycles. The average Bonchev–Trinajstić information content (AvgIpc) is 2.61. The average molecular weight is 338 g/mol. The van der Waals surface area contributed by atoms with Gasteiger partial charge < -0.3 is 10.6 Å². The van der Waals surface area contributed by atoms with Gasteiger partial charge in [-0.25, -0.2) is 0 Å². The molecule has 1 atom stereocenters. The molecule has 0 radical (unpaired) electrons. The number of carbonyl (C=O) groups is 3. The van der Waals surface area contributed by atoms with Crippen molar-refractivity contribution in [2.24, 2.45) is 11.7 Å². The predicted molar refractivity (Wildman–Crippen MR) is 96.1 cm³/mol. The third-order valence-electron chi connectivity index (χ3n) is 3.95. The maximum Gasteiger partial charge on any atom is 0.254 e. The monoisotopic (exact) mass is 338 g/mol. The molecule has 0 aliphatic heterocycles. The maximum atomic E-state index is 12.9. The van der Waals surface area contributed by atoms with Crippen LogP contribution in [0.1, 0.15) is 34.6 Å². The van der Waals surface area contributed by atoms with Gasteiger partial charge in [-0.1, -0.05) is 62.4 Å². The van der Waals surface area contributed by atoms with Crippen molar-refractivity contribution in [1.82, 2.24) is 4.90 Å². The van der Waals surface area contributed by atoms with Crippen molar-refractivity contribution in [2.45, 2.75) is 19.9 Å². The molecule has 5 nitrogen and oxygen atoms in total. The number of nitrogens with zero attached hydrogens (tertiary/aromatic N) is 1. The van der Waals surface area contributed by atoms with Crippen LogP contribution in [0.15, 0.2) is 60.7 Å². The highest BCUT2D eigenvalue weighted by Crippen LogP contribution is 2.16. The molecule has 25 heavy (non-hydrogen) atoms. The Morgan fingerprint density at radius 1 is 0.880 bits per heavy atom. The van der Waals surface area contributed by atoms with Crippen molar-refractivity contribution in [3.8, 4) is 0 Å². The second-order valence-corrected chi connectivity index (χ2v) is 6.18. The Balaban J connectivity index is 2.36. The summed E-state index contributed by atoms with van der Waals surface area (Å²) in [6, 6.07) is 16.4. The molecule has 2 rings (SSSR count). The molecule has 2 amide bonds. The van der Waals surface area contributed by atoms with E-state index in [2.05, 4.69) is 0 Å². The standard InChI is InChI=1S/C20H22N2O3/c1-14(2)18(19(21)24)22(20(25)16-11-7-4-8-12-16)13-17(23)15-9-5-3-6-10-15/h3-12,14,18H,13H2,1-2H3,(H2,21,24). The van der Waals surface area contributed by atoms with E-state index in [1.54, 1.807) is 68.4 Å². The molecular weight excluding hydrogens is 316 g/mol. The van der Waals surface area contributed by atoms with Crippen LogP contribution < -0.4 is 5.73 Å². The van der Waals surface area contributed by atoms with Crippen molar-refractivity contribution in [2.75, 3.05) is 6.54 Å². The summed E-state index contributed by atoms with van der Waals surface area (Å²) in [5.41, 5.74) is 6.42. The van der Waals surface area contributed by atoms with Crippen molar-refractivity contribution in [1.29, 1.82) is 0 Å². The van der Waals surface area contributed by atoms with E-state index in [0.29, 0.717) is 11.1 Å². The summed E-state index contributed by atoms with van der Waals surface area (Å²) in [6.07, 6.45) is 0. The fourth-order valence-corrected chi connectivity index (χ4v) is 2.76. The topological polar surface area (TPSA) is 80.5 Å². The summed E-state index contributed by atoms with van der Waals surface area (Å²) in [7, 11) is 0. The SMILES string of the molecule is CC(C)C(C(N)=O)N(CC(=O)c1ccccc1)C(=O)c1ccccc1. The van der Waals surface area contributed by atoms with Crippen molar-refractivity contribution < 1.29 is 14.4 Å². The van der Waals surface area contributed by atoms with Crippen LogP contribution >= 0.6 is 0 Å². The number of rotatable bonds is 7. The van der Waals surface area contributed by atoms with Crippen molar-refractivity contribution in [3.05, 3.63) is 71.8 Å². The van der Waals surface area contributed by atoms with Crippen molar-refractivity contribution in [3.63, 3.8) is 0 Å². The van der Waals surface area contributed by atoms with Gasteiger partial charge in [-0.2, -0.15) is 0 Å². The molecule has 5 heteroatoms. The highest BCUT2D eigenvalue weighted by molar-refractivity contribution is 6.03. The summed E-state index contributed by atoms with van der Waals surface area (Å²) >= 11 is 0. The molecule has 0 spiro atoms. The van der Waals surface area contributed by atoms with Gasteiger partial charge in [0.2, 0.25) is 5.91 Å². The van der Waals surface area contributed by atoms with Crippen LogP contribution in [-0.2, 0) is 4.79 Å². The van der Waals surface area contributed by atoms with Gasteiger partial charge in [-0.15, -0.1) is 0 Å². The second-order valence-electron chi connectivity index (χ2n) is 6.18. The highest BCUT2D eigenvalue weighted by atomic mass is 16.2. The zero-order valence-electron chi connectivity index (χ0n) is 14.4. The minimum Gasteiger partial charge on any atom is -0.368 e. The third kappa shape index (κ3) is 4.53. The van der Waals surface area contributed by atoms with Gasteiger partial charge in [0.1, 0.15) is 6.04 Å². The van der Waals surface area contributed by atoms with Gasteiger partial charge in [0.25, 0.3) is 5.91 Å². The van der Waals surface area contributed by atoms with E-state index in [1.807, 2.05) is 6.07 Å². The van der Waals surface area contributed by atoms with Gasteiger partial charge in [-0.05, 0) is 18.1 Å². The van der Waals surface area contributed by atoms with E-state index >= 15 is 0 Å². The Labute approximate surface area is 147 Å². The first-order valence-electron chi connectivity index (χ1n) is 8.15. The largest absolute Gasteiger partial charge is 0.368 e. The molecule has 2 aromatic carbocycles. The lowest BCUT2D eigenvalue weighted by Crippen LogP contribution is -2.52. The fourth-order valence-electron chi connectivity index (χ4n) is 2.76. The van der Waals surface area contributed by atoms with Crippen LogP contribution in [0.25, 0.3) is 0 Å². The van der Waals surface area contributed by atoms with Gasteiger partial charge in [0, 0.05) is 11.1 Å². The molecule has 0 fully saturated rings. The molecule has 0 heterocycles. The van der Waals surface area contributed by atoms with E-state index in [1.165, 1.54) is 4.90 Å². The smallest absolute Gasteiger partial charge is 0.254 e. The van der Waals surface area contributed by atoms with Crippen LogP contribution in [0.2, 0.25) is 0 Å². The van der Waals surface area contributed by atoms with Gasteiger partial charge >= 0.3 is 0 Å². The zero-order chi connectivity index (χ0) is 18.4. The number of benzene rings is 2. The van der Waals surface area contributed by atoms with Crippen LogP contribution in [0, 0.1) is 5.92 Å². The lowest BCUT2D eigenvalue weighted by atomic mass is 9.99. The number of nitrogens with two attached hydrogens (primary N) is 1. The van der Waals surface area contributed by atoms with E-state index in [0.717, 1.165) is 0 Å². The number of hydrogen-bond donors (Lipinski definition) is 1. The number of amides is 2. The predicted octanol–water partition coefficient (Wildman–Crippen LogP) is 2.52. The zero-order valence-corrected chi connectivity index (χ0v) is 14.4. The Morgan fingerprint density at radius 3 is 1.80 bits per heavy atom. The number of primary amides is 1. The molecule has 1 unspecified atom stereocenters. The van der Waals surface area contributed by atoms with Crippen molar-refractivity contribution >= 4 is 17.6 Å². The van der Waals surface area contributed by atoms with E-state index in [9.17, 15) is 14.4 Å². The molecule has 0 aliphatic rings. The number of ketones is 1. The Morgan fingerprint density at radius 2 is 1.36 bits per heavy atom. The normalized spacial score (nSPS) is 11.8. The molecule has 0 saturated carbocycles. The highest BCUT2D eigenvalue weighted by Gasteiger charge is 2.33. The van der Waals surface area contributed by atoms with Crippen LogP contribution in [-0.4, -0.2) is 35.1 Å². The molecule has 0 aromatic heterocycles. The molecule has 2 aromatic rings. The Bertz CT molecular complexity index is 742. The lowest BCUT2D eigenvalue weighted by molar-refractivity contribution is -0.123. The Kier molecular flexibility index (Phi) is 6.06. The summed E-state index contributed by atoms with van der Waals surface area (Å²) < 4.78 is 0. The first-order chi connectivity index (χ1) is 11.9. The minimum atomic E-state index is -0.861. The van der Waals surface area contributed by atoms with Gasteiger partial charge in [0.05, 0.1) is 6.54 Å². The van der Waals surface area contributed by atoms with E-state index in [4.69, 9.17) is 5.73 Å². The van der Waals surface area contributed by atoms with Gasteiger partial charge in [-0.3, -0.25) is 14.4 Å². The minimum absolute atomic E-state index is 0.205. The van der Waals surface area contributed by atoms with E-state index < -0.39 is 11.9 Å². The lowest BCUT2D eigenvalue weighted by Gasteiger charge is -2.32. The molecule has 0 bridgehead atoms. The maximum absolute atomic E-state index is 12.9. The number of hydrogen-bond acceptors (Lipinski definition) is 3. The van der Waals surface area contributed by atoms with Crippen LogP contribution in [0.3, 0.4) is 0 Å². The first kappa shape index (κ1) is 18.4. The van der Waals surface area contributed by atoms with Gasteiger partial charge in [0.15, 0.2) is 5.78 Å². The molecular formula is C20H22N2O3. The summed E-state index contributed by atoms with van der Waals surface area (Å²) in [5.74, 6) is -1.46. The molecule has 2 N–H and O–H groups in total. The fraction of sp³-hybridized carbons (Fsp3) is 0.250. The third-order valence-corrected chi connectivity index (χ3v) is 3.95. The van der Waals surface area contributed by atoms with Crippen LogP contribution in [0.5, 0.6) is 0 Å². The summed E-state index contributed by atoms with van der Waals surface area (Å²) in [5, 5.41) is 0. The number of carbonyl (C=O) groups excluding carboxylic acids is 3. The van der Waals surface area contributed by atoms with Crippen LogP contribution in [0.4, 0.5) is 0 Å². The first-order valence-corrected chi connectivity index (χ1v) is 8.15. The quantitative estimate of drug-likeness (QED) is 0.788. The second kappa shape index (κ2) is 8.24. The summed E-state index contributed by atoms with van der Waals surface area (Å²) in [4.78, 5) is 38.8. The molecule has 0 aliphatic carbocycles. The summed E-state index contributed by atoms with van der Waals surface area (Å²) in [6.45, 7) is 3.39. The molecule has 130 valence electrons.